The molecule has 138 valence electrons. The normalized spacial score (nSPS) is 11.9. The summed E-state index contributed by atoms with van der Waals surface area (Å²) < 4.78 is 26.8. The van der Waals surface area contributed by atoms with Crippen molar-refractivity contribution in [1.82, 2.24) is 24.6 Å². The first kappa shape index (κ1) is 17.4. The van der Waals surface area contributed by atoms with Crippen LogP contribution in [0.15, 0.2) is 53.4 Å². The molecule has 2 N–H and O–H groups in total. The van der Waals surface area contributed by atoms with Crippen molar-refractivity contribution in [2.75, 3.05) is 5.43 Å². The minimum Gasteiger partial charge on any atom is -0.324 e. The van der Waals surface area contributed by atoms with Gasteiger partial charge in [-0.15, -0.1) is 15.0 Å². The highest BCUT2D eigenvalue weighted by Crippen LogP contribution is 2.26. The van der Waals surface area contributed by atoms with Crippen molar-refractivity contribution >= 4 is 38.0 Å². The second kappa shape index (κ2) is 6.60. The molecule has 9 heteroatoms. The van der Waals surface area contributed by atoms with E-state index in [1.807, 2.05) is 42.7 Å². The van der Waals surface area contributed by atoms with E-state index >= 15 is 0 Å². The molecule has 0 radical (unpaired) electrons. The van der Waals surface area contributed by atoms with Gasteiger partial charge in [-0.25, -0.2) is 8.42 Å². The topological polar surface area (TPSA) is 102 Å². The number of nitrogens with one attached hydrogen (secondary N) is 2. The molecule has 0 aliphatic carbocycles. The molecule has 4 rings (SSSR count). The lowest BCUT2D eigenvalue weighted by Gasteiger charge is -2.08. The Bertz CT molecular complexity index is 1230. The van der Waals surface area contributed by atoms with E-state index in [0.717, 1.165) is 16.5 Å². The van der Waals surface area contributed by atoms with Gasteiger partial charge in [-0.2, -0.15) is 4.98 Å². The molecule has 0 saturated carbocycles. The van der Waals surface area contributed by atoms with E-state index in [1.165, 1.54) is 12.1 Å². The maximum absolute atomic E-state index is 12.4. The molecule has 0 unspecified atom stereocenters. The van der Waals surface area contributed by atoms with E-state index in [1.54, 1.807) is 12.1 Å². The number of anilines is 1. The van der Waals surface area contributed by atoms with Crippen molar-refractivity contribution in [2.45, 2.75) is 25.3 Å². The van der Waals surface area contributed by atoms with Crippen molar-refractivity contribution < 1.29 is 8.42 Å². The number of rotatable bonds is 5. The average molecular weight is 382 g/mol. The largest absolute Gasteiger partial charge is 0.324 e. The van der Waals surface area contributed by atoms with Crippen LogP contribution >= 0.6 is 0 Å². The summed E-state index contributed by atoms with van der Waals surface area (Å²) in [6, 6.07) is 14.4. The van der Waals surface area contributed by atoms with Crippen LogP contribution in [0.4, 0.5) is 5.95 Å². The van der Waals surface area contributed by atoms with Gasteiger partial charge < -0.3 is 4.57 Å². The van der Waals surface area contributed by atoms with E-state index in [0.29, 0.717) is 17.7 Å². The number of aryl methyl sites for hydroxylation is 2. The van der Waals surface area contributed by atoms with Gasteiger partial charge in [-0.1, -0.05) is 35.9 Å². The lowest BCUT2D eigenvalue weighted by Crippen LogP contribution is -2.30. The summed E-state index contributed by atoms with van der Waals surface area (Å²) in [5, 5.41) is 9.19. The molecule has 0 aliphatic heterocycles. The molecule has 27 heavy (non-hydrogen) atoms. The Balaban J connectivity index is 1.66. The molecular weight excluding hydrogens is 364 g/mol. The summed E-state index contributed by atoms with van der Waals surface area (Å²) in [4.78, 5) is 6.89. The number of fused-ring (bicyclic) bond motifs is 3. The summed E-state index contributed by atoms with van der Waals surface area (Å²) in [6.07, 6.45) is 0. The zero-order valence-electron chi connectivity index (χ0n) is 14.8. The van der Waals surface area contributed by atoms with Crippen LogP contribution in [0, 0.1) is 6.92 Å². The number of sulfonamides is 1. The van der Waals surface area contributed by atoms with E-state index in [9.17, 15) is 8.42 Å². The summed E-state index contributed by atoms with van der Waals surface area (Å²) in [6.45, 7) is 4.61. The fraction of sp³-hybridized carbons (Fsp3) is 0.167. The van der Waals surface area contributed by atoms with Gasteiger partial charge in [0.05, 0.1) is 10.4 Å². The monoisotopic (exact) mass is 382 g/mol. The van der Waals surface area contributed by atoms with Gasteiger partial charge >= 0.3 is 0 Å². The molecule has 4 aromatic rings. The number of hydrogen-bond acceptors (Lipinski definition) is 6. The predicted molar refractivity (Wildman–Crippen MR) is 104 cm³/mol. The zero-order chi connectivity index (χ0) is 19.0. The third-order valence-electron chi connectivity index (χ3n) is 4.32. The van der Waals surface area contributed by atoms with Crippen molar-refractivity contribution in [3.8, 4) is 0 Å². The van der Waals surface area contributed by atoms with Gasteiger partial charge in [0, 0.05) is 11.9 Å². The molecule has 0 fully saturated rings. The van der Waals surface area contributed by atoms with Crippen LogP contribution in [0.1, 0.15) is 12.5 Å². The van der Waals surface area contributed by atoms with Crippen LogP contribution in [-0.2, 0) is 16.6 Å². The summed E-state index contributed by atoms with van der Waals surface area (Å²) in [5.74, 6) is 0.0793. The van der Waals surface area contributed by atoms with Crippen LogP contribution < -0.4 is 10.3 Å². The Morgan fingerprint density at radius 1 is 1.04 bits per heavy atom. The Labute approximate surface area is 156 Å². The highest BCUT2D eigenvalue weighted by molar-refractivity contribution is 7.89. The van der Waals surface area contributed by atoms with Crippen LogP contribution in [0.3, 0.4) is 0 Å². The molecule has 2 aromatic carbocycles. The van der Waals surface area contributed by atoms with Crippen molar-refractivity contribution in [3.05, 3.63) is 54.1 Å². The first-order chi connectivity index (χ1) is 13.0. The Morgan fingerprint density at radius 3 is 2.52 bits per heavy atom. The number of hydrogen-bond donors (Lipinski definition) is 2. The fourth-order valence-corrected chi connectivity index (χ4v) is 3.80. The third kappa shape index (κ3) is 3.11. The van der Waals surface area contributed by atoms with Gasteiger partial charge in [0.1, 0.15) is 5.52 Å². The predicted octanol–water partition coefficient (Wildman–Crippen LogP) is 2.61. The molecule has 2 heterocycles. The Hall–Kier alpha value is -3.04. The Morgan fingerprint density at radius 2 is 1.78 bits per heavy atom. The standard InChI is InChI=1S/C18H18N6O2S/c1-3-24-15-7-5-4-6-14(15)16-17(24)19-18(21-20-16)22-23-27(25,26)13-10-8-12(2)9-11-13/h4-11,23H,3H2,1-2H3,(H,19,21,22). The summed E-state index contributed by atoms with van der Waals surface area (Å²) in [5.41, 5.74) is 5.86. The lowest BCUT2D eigenvalue weighted by atomic mass is 10.2. The van der Waals surface area contributed by atoms with Gasteiger partial charge in [-0.05, 0) is 32.0 Å². The SMILES string of the molecule is CCn1c2ccccc2c2nnc(NNS(=O)(=O)c3ccc(C)cc3)nc21. The second-order valence-corrected chi connectivity index (χ2v) is 7.79. The summed E-state index contributed by atoms with van der Waals surface area (Å²) >= 11 is 0. The van der Waals surface area contributed by atoms with E-state index in [2.05, 4.69) is 25.4 Å². The molecule has 0 aliphatic rings. The lowest BCUT2D eigenvalue weighted by molar-refractivity contribution is 0.587. The number of para-hydroxylation sites is 1. The maximum Gasteiger partial charge on any atom is 0.259 e. The first-order valence-corrected chi connectivity index (χ1v) is 9.94. The van der Waals surface area contributed by atoms with E-state index in [4.69, 9.17) is 0 Å². The van der Waals surface area contributed by atoms with Crippen molar-refractivity contribution in [2.24, 2.45) is 0 Å². The van der Waals surface area contributed by atoms with Gasteiger partial charge in [-0.3, -0.25) is 5.43 Å². The molecule has 0 amide bonds. The molecule has 2 aromatic heterocycles. The molecule has 8 nitrogen and oxygen atoms in total. The molecule has 0 spiro atoms. The third-order valence-corrected chi connectivity index (χ3v) is 5.58. The van der Waals surface area contributed by atoms with Crippen LogP contribution in [0.5, 0.6) is 0 Å². The maximum atomic E-state index is 12.4. The molecule has 0 atom stereocenters. The second-order valence-electron chi connectivity index (χ2n) is 6.11. The van der Waals surface area contributed by atoms with Crippen LogP contribution in [-0.4, -0.2) is 28.2 Å². The fourth-order valence-electron chi connectivity index (χ4n) is 2.97. The van der Waals surface area contributed by atoms with Gasteiger partial charge in [0.25, 0.3) is 16.0 Å². The van der Waals surface area contributed by atoms with Gasteiger partial charge in [0.2, 0.25) is 0 Å². The first-order valence-electron chi connectivity index (χ1n) is 8.46. The number of hydrazine groups is 1. The quantitative estimate of drug-likeness (QED) is 0.515. The molecular formula is C18H18N6O2S. The molecule has 0 saturated heterocycles. The van der Waals surface area contributed by atoms with E-state index < -0.39 is 10.0 Å². The van der Waals surface area contributed by atoms with Crippen molar-refractivity contribution in [3.63, 3.8) is 0 Å². The number of aromatic nitrogens is 4. The average Bonchev–Trinajstić information content (AvgIpc) is 3.00. The van der Waals surface area contributed by atoms with Gasteiger partial charge in [0.15, 0.2) is 5.65 Å². The summed E-state index contributed by atoms with van der Waals surface area (Å²) in [7, 11) is -3.74. The minimum absolute atomic E-state index is 0.0793. The molecule has 0 bridgehead atoms. The van der Waals surface area contributed by atoms with Crippen LogP contribution in [0.25, 0.3) is 22.1 Å². The minimum atomic E-state index is -3.74. The Kier molecular flexibility index (Phi) is 4.25. The smallest absolute Gasteiger partial charge is 0.259 e. The number of benzene rings is 2. The van der Waals surface area contributed by atoms with Crippen molar-refractivity contribution in [1.29, 1.82) is 0 Å². The number of nitrogens with zero attached hydrogens (tertiary/aromatic N) is 4. The van der Waals surface area contributed by atoms with Crippen LogP contribution in [0.2, 0.25) is 0 Å². The van der Waals surface area contributed by atoms with E-state index in [-0.39, 0.29) is 10.8 Å². The highest BCUT2D eigenvalue weighted by Gasteiger charge is 2.16. The zero-order valence-corrected chi connectivity index (χ0v) is 15.7. The highest BCUT2D eigenvalue weighted by atomic mass is 32.2.